The molecule has 0 spiro atoms. The van der Waals surface area contributed by atoms with Crippen LogP contribution in [-0.2, 0) is 19.7 Å². The highest BCUT2D eigenvalue weighted by Crippen LogP contribution is 2.48. The Hall–Kier alpha value is -2.95. The molecule has 0 N–H and O–H groups in total. The van der Waals surface area contributed by atoms with E-state index in [9.17, 15) is 9.59 Å². The second kappa shape index (κ2) is 7.58. The summed E-state index contributed by atoms with van der Waals surface area (Å²) in [7, 11) is 0. The van der Waals surface area contributed by atoms with Crippen molar-refractivity contribution in [3.63, 3.8) is 0 Å². The molecule has 0 bridgehead atoms. The van der Waals surface area contributed by atoms with Gasteiger partial charge < -0.3 is 4.74 Å². The van der Waals surface area contributed by atoms with Crippen LogP contribution in [0.5, 0.6) is 0 Å². The Morgan fingerprint density at radius 2 is 1.72 bits per heavy atom. The predicted octanol–water partition coefficient (Wildman–Crippen LogP) is 5.19. The fourth-order valence-corrected chi connectivity index (χ4v) is 5.22. The molecule has 0 saturated heterocycles. The van der Waals surface area contributed by atoms with Crippen LogP contribution < -0.4 is 4.90 Å². The van der Waals surface area contributed by atoms with Crippen LogP contribution >= 0.6 is 0 Å². The summed E-state index contributed by atoms with van der Waals surface area (Å²) >= 11 is 0. The van der Waals surface area contributed by atoms with Gasteiger partial charge in [0.25, 0.3) is 5.91 Å². The van der Waals surface area contributed by atoms with E-state index < -0.39 is 6.04 Å². The number of carbonyl (C=O) groups is 2. The summed E-state index contributed by atoms with van der Waals surface area (Å²) in [5.74, 6) is 0.432. The molecule has 2 aromatic rings. The maximum atomic E-state index is 13.7. The minimum absolute atomic E-state index is 0.0192. The zero-order valence-corrected chi connectivity index (χ0v) is 19.2. The van der Waals surface area contributed by atoms with Crippen LogP contribution in [0.15, 0.2) is 53.8 Å². The minimum Gasteiger partial charge on any atom is -0.483 e. The van der Waals surface area contributed by atoms with Crippen LogP contribution in [0.3, 0.4) is 0 Å². The Morgan fingerprint density at radius 1 is 1.00 bits per heavy atom. The number of fused-ring (bicyclic) bond motifs is 1. The molecule has 5 nitrogen and oxygen atoms in total. The number of benzene rings is 1. The average molecular weight is 431 g/mol. The van der Waals surface area contributed by atoms with Gasteiger partial charge in [0.2, 0.25) is 0 Å². The van der Waals surface area contributed by atoms with Gasteiger partial charge in [-0.05, 0) is 54.9 Å². The Morgan fingerprint density at radius 3 is 2.41 bits per heavy atom. The number of aromatic nitrogens is 1. The van der Waals surface area contributed by atoms with E-state index in [1.165, 1.54) is 5.56 Å². The van der Waals surface area contributed by atoms with Crippen molar-refractivity contribution in [3.05, 3.63) is 70.6 Å². The average Bonchev–Trinajstić information content (AvgIpc) is 3.06. The first-order valence-electron chi connectivity index (χ1n) is 11.6. The fourth-order valence-electron chi connectivity index (χ4n) is 5.22. The Bertz CT molecular complexity index is 1110. The Labute approximate surface area is 189 Å². The van der Waals surface area contributed by atoms with E-state index >= 15 is 0 Å². The highest BCUT2D eigenvalue weighted by atomic mass is 16.5. The number of ether oxygens (including phenoxy) is 1. The Kier molecular flexibility index (Phi) is 4.95. The van der Waals surface area contributed by atoms with Gasteiger partial charge in [-0.1, -0.05) is 57.5 Å². The number of rotatable bonds is 2. The van der Waals surface area contributed by atoms with E-state index in [0.29, 0.717) is 11.4 Å². The highest BCUT2D eigenvalue weighted by Gasteiger charge is 2.52. The SMILES string of the molecule is Cc1cccc(N2C(=O)C3=C(C(=O)C4CCCCC4O3)C2c2ccc(C(C)(C)C)cc2)n1. The first-order chi connectivity index (χ1) is 15.3. The largest absolute Gasteiger partial charge is 0.483 e. The van der Waals surface area contributed by atoms with Crippen molar-refractivity contribution in [1.29, 1.82) is 0 Å². The highest BCUT2D eigenvalue weighted by molar-refractivity contribution is 6.17. The number of nitrogens with zero attached hydrogens (tertiary/aromatic N) is 2. The van der Waals surface area contributed by atoms with Crippen molar-refractivity contribution in [2.24, 2.45) is 5.92 Å². The summed E-state index contributed by atoms with van der Waals surface area (Å²) < 4.78 is 6.25. The quantitative estimate of drug-likeness (QED) is 0.658. The summed E-state index contributed by atoms with van der Waals surface area (Å²) in [4.78, 5) is 33.6. The zero-order valence-electron chi connectivity index (χ0n) is 19.2. The molecule has 166 valence electrons. The number of ketones is 1. The van der Waals surface area contributed by atoms with Crippen molar-refractivity contribution in [2.75, 3.05) is 4.90 Å². The second-order valence-corrected chi connectivity index (χ2v) is 10.2. The van der Waals surface area contributed by atoms with Crippen LogP contribution in [0.4, 0.5) is 5.82 Å². The third kappa shape index (κ3) is 3.35. The minimum atomic E-state index is -0.517. The van der Waals surface area contributed by atoms with Crippen LogP contribution in [0, 0.1) is 12.8 Å². The van der Waals surface area contributed by atoms with Gasteiger partial charge in [-0.2, -0.15) is 0 Å². The molecule has 3 atom stereocenters. The normalized spacial score (nSPS) is 25.5. The third-order valence-corrected chi connectivity index (χ3v) is 6.98. The molecule has 3 aliphatic rings. The summed E-state index contributed by atoms with van der Waals surface area (Å²) in [6.45, 7) is 8.42. The molecule has 2 aliphatic heterocycles. The summed E-state index contributed by atoms with van der Waals surface area (Å²) in [5, 5.41) is 0. The second-order valence-electron chi connectivity index (χ2n) is 10.2. The summed E-state index contributed by atoms with van der Waals surface area (Å²) in [5.41, 5.74) is 3.46. The van der Waals surface area contributed by atoms with Gasteiger partial charge in [0.05, 0.1) is 17.5 Å². The number of amides is 1. The van der Waals surface area contributed by atoms with E-state index in [-0.39, 0.29) is 34.9 Å². The molecular formula is C27H30N2O3. The zero-order chi connectivity index (χ0) is 22.6. The lowest BCUT2D eigenvalue weighted by atomic mass is 9.77. The molecule has 1 aromatic carbocycles. The van der Waals surface area contributed by atoms with E-state index in [2.05, 4.69) is 37.9 Å². The van der Waals surface area contributed by atoms with Crippen LogP contribution in [-0.4, -0.2) is 22.8 Å². The van der Waals surface area contributed by atoms with Crippen molar-refractivity contribution in [2.45, 2.75) is 70.9 Å². The standard InChI is InChI=1S/C27H30N2O3/c1-16-8-7-11-21(28-16)29-23(17-12-14-18(15-13-17)27(2,3)4)22-24(30)19-9-5-6-10-20(19)32-25(22)26(29)31/h7-8,11-15,19-20,23H,5-6,9-10H2,1-4H3. The van der Waals surface area contributed by atoms with Gasteiger partial charge in [0.15, 0.2) is 11.5 Å². The molecule has 1 saturated carbocycles. The smallest absolute Gasteiger partial charge is 0.295 e. The maximum Gasteiger partial charge on any atom is 0.295 e. The number of aryl methyl sites for hydroxylation is 1. The van der Waals surface area contributed by atoms with Crippen molar-refractivity contribution >= 4 is 17.5 Å². The number of hydrogen-bond acceptors (Lipinski definition) is 4. The summed E-state index contributed by atoms with van der Waals surface area (Å²) in [6.07, 6.45) is 3.53. The molecular weight excluding hydrogens is 400 g/mol. The van der Waals surface area contributed by atoms with Gasteiger partial charge in [-0.25, -0.2) is 4.98 Å². The molecule has 32 heavy (non-hydrogen) atoms. The first kappa shape index (κ1) is 20.9. The number of pyridine rings is 1. The molecule has 5 rings (SSSR count). The molecule has 5 heteroatoms. The molecule has 1 amide bonds. The van der Waals surface area contributed by atoms with Crippen molar-refractivity contribution in [3.8, 4) is 0 Å². The molecule has 1 fully saturated rings. The lowest BCUT2D eigenvalue weighted by molar-refractivity contribution is -0.131. The third-order valence-electron chi connectivity index (χ3n) is 6.98. The number of anilines is 1. The number of hydrogen-bond donors (Lipinski definition) is 0. The van der Waals surface area contributed by atoms with Gasteiger partial charge in [0, 0.05) is 5.69 Å². The molecule has 3 unspecified atom stereocenters. The van der Waals surface area contributed by atoms with Crippen LogP contribution in [0.2, 0.25) is 0 Å². The van der Waals surface area contributed by atoms with E-state index in [4.69, 9.17) is 4.74 Å². The molecule has 3 heterocycles. The molecule has 0 radical (unpaired) electrons. The first-order valence-corrected chi connectivity index (χ1v) is 11.6. The van der Waals surface area contributed by atoms with Crippen LogP contribution in [0.25, 0.3) is 0 Å². The summed E-state index contributed by atoms with van der Waals surface area (Å²) in [6, 6.07) is 13.4. The topological polar surface area (TPSA) is 59.5 Å². The van der Waals surface area contributed by atoms with E-state index in [1.54, 1.807) is 4.90 Å². The van der Waals surface area contributed by atoms with Gasteiger partial charge >= 0.3 is 0 Å². The van der Waals surface area contributed by atoms with Crippen LogP contribution in [0.1, 0.15) is 69.3 Å². The molecule has 1 aliphatic carbocycles. The van der Waals surface area contributed by atoms with Gasteiger partial charge in [0.1, 0.15) is 11.9 Å². The van der Waals surface area contributed by atoms with Crippen molar-refractivity contribution < 1.29 is 14.3 Å². The predicted molar refractivity (Wildman–Crippen MR) is 123 cm³/mol. The van der Waals surface area contributed by atoms with Crippen molar-refractivity contribution in [1.82, 2.24) is 4.98 Å². The number of carbonyl (C=O) groups excluding carboxylic acids is 2. The monoisotopic (exact) mass is 430 g/mol. The van der Waals surface area contributed by atoms with Gasteiger partial charge in [-0.15, -0.1) is 0 Å². The fraction of sp³-hybridized carbons (Fsp3) is 0.444. The Balaban J connectivity index is 1.64. The van der Waals surface area contributed by atoms with E-state index in [0.717, 1.165) is 36.9 Å². The maximum absolute atomic E-state index is 13.7. The van der Waals surface area contributed by atoms with E-state index in [1.807, 2.05) is 37.3 Å². The van der Waals surface area contributed by atoms with Gasteiger partial charge in [-0.3, -0.25) is 14.5 Å². The lowest BCUT2D eigenvalue weighted by Crippen LogP contribution is -2.39. The lowest BCUT2D eigenvalue weighted by Gasteiger charge is -2.35. The number of Topliss-reactive ketones (excluding diaryl/α,β-unsaturated/α-hetero) is 1. The molecule has 1 aromatic heterocycles.